The van der Waals surface area contributed by atoms with Crippen LogP contribution in [0.3, 0.4) is 0 Å². The molecule has 25 heavy (non-hydrogen) atoms. The lowest BCUT2D eigenvalue weighted by atomic mass is 10.1. The van der Waals surface area contributed by atoms with E-state index in [-0.39, 0.29) is 12.6 Å². The molecular formula is C19H18BrN3O2. The van der Waals surface area contributed by atoms with Gasteiger partial charge in [-0.1, -0.05) is 28.1 Å². The van der Waals surface area contributed by atoms with Crippen molar-refractivity contribution in [2.75, 3.05) is 5.32 Å². The first kappa shape index (κ1) is 17.2. The summed E-state index contributed by atoms with van der Waals surface area (Å²) in [6, 6.07) is 15.0. The Morgan fingerprint density at radius 2 is 1.92 bits per heavy atom. The van der Waals surface area contributed by atoms with Gasteiger partial charge in [-0.15, -0.1) is 0 Å². The molecule has 1 N–H and O–H groups in total. The Morgan fingerprint density at radius 1 is 1.16 bits per heavy atom. The summed E-state index contributed by atoms with van der Waals surface area (Å²) in [7, 11) is 0. The van der Waals surface area contributed by atoms with E-state index in [1.165, 1.54) is 0 Å². The first-order valence-electron chi connectivity index (χ1n) is 7.82. The summed E-state index contributed by atoms with van der Waals surface area (Å²) in [6.45, 7) is 4.23. The second-order valence-electron chi connectivity index (χ2n) is 5.67. The predicted octanol–water partition coefficient (Wildman–Crippen LogP) is 4.55. The van der Waals surface area contributed by atoms with Crippen LogP contribution in [0.4, 0.5) is 5.69 Å². The molecule has 1 aromatic heterocycles. The van der Waals surface area contributed by atoms with Gasteiger partial charge in [0.15, 0.2) is 12.4 Å². The molecule has 0 saturated carbocycles. The molecule has 3 rings (SSSR count). The van der Waals surface area contributed by atoms with E-state index >= 15 is 0 Å². The van der Waals surface area contributed by atoms with Crippen molar-refractivity contribution >= 4 is 27.5 Å². The van der Waals surface area contributed by atoms with E-state index in [2.05, 4.69) is 26.3 Å². The Labute approximate surface area is 154 Å². The molecule has 1 amide bonds. The maximum atomic E-state index is 12.4. The van der Waals surface area contributed by atoms with E-state index in [1.54, 1.807) is 16.9 Å². The van der Waals surface area contributed by atoms with Crippen molar-refractivity contribution in [3.8, 4) is 5.75 Å². The van der Waals surface area contributed by atoms with Gasteiger partial charge >= 0.3 is 0 Å². The third kappa shape index (κ3) is 4.28. The zero-order valence-electron chi connectivity index (χ0n) is 14.0. The maximum Gasteiger partial charge on any atom is 0.276 e. The summed E-state index contributed by atoms with van der Waals surface area (Å²) >= 11 is 3.38. The minimum Gasteiger partial charge on any atom is -0.471 e. The molecule has 3 aromatic rings. The summed E-state index contributed by atoms with van der Waals surface area (Å²) in [5, 5.41) is 7.16. The highest BCUT2D eigenvalue weighted by Gasteiger charge is 2.11. The third-order valence-electron chi connectivity index (χ3n) is 3.90. The molecule has 0 saturated heterocycles. The van der Waals surface area contributed by atoms with Crippen LogP contribution in [-0.2, 0) is 6.73 Å². The maximum absolute atomic E-state index is 12.4. The molecule has 0 atom stereocenters. The van der Waals surface area contributed by atoms with Gasteiger partial charge in [0.2, 0.25) is 0 Å². The summed E-state index contributed by atoms with van der Waals surface area (Å²) in [4.78, 5) is 12.4. The number of amides is 1. The Bertz CT molecular complexity index is 888. The number of carbonyl (C=O) groups is 1. The van der Waals surface area contributed by atoms with Gasteiger partial charge in [-0.2, -0.15) is 5.10 Å². The van der Waals surface area contributed by atoms with Gasteiger partial charge in [-0.3, -0.25) is 4.79 Å². The highest BCUT2D eigenvalue weighted by molar-refractivity contribution is 9.10. The van der Waals surface area contributed by atoms with Crippen LogP contribution in [0, 0.1) is 13.8 Å². The van der Waals surface area contributed by atoms with Crippen LogP contribution in [0.2, 0.25) is 0 Å². The van der Waals surface area contributed by atoms with Crippen molar-refractivity contribution in [1.29, 1.82) is 0 Å². The highest BCUT2D eigenvalue weighted by Crippen LogP contribution is 2.19. The van der Waals surface area contributed by atoms with E-state index in [9.17, 15) is 4.79 Å². The van der Waals surface area contributed by atoms with Crippen molar-refractivity contribution < 1.29 is 9.53 Å². The fraction of sp³-hybridized carbons (Fsp3) is 0.158. The molecule has 0 aliphatic carbocycles. The van der Waals surface area contributed by atoms with Gasteiger partial charge in [0, 0.05) is 16.4 Å². The fourth-order valence-electron chi connectivity index (χ4n) is 2.30. The molecule has 0 bridgehead atoms. The number of hydrogen-bond acceptors (Lipinski definition) is 3. The van der Waals surface area contributed by atoms with Crippen molar-refractivity contribution in [3.05, 3.63) is 76.0 Å². The molecule has 6 heteroatoms. The average molecular weight is 400 g/mol. The van der Waals surface area contributed by atoms with Crippen LogP contribution < -0.4 is 10.1 Å². The van der Waals surface area contributed by atoms with Crippen LogP contribution in [0.15, 0.2) is 59.2 Å². The van der Waals surface area contributed by atoms with E-state index in [4.69, 9.17) is 4.74 Å². The molecule has 0 aliphatic rings. The predicted molar refractivity (Wildman–Crippen MR) is 101 cm³/mol. The first-order chi connectivity index (χ1) is 12.0. The quantitative estimate of drug-likeness (QED) is 0.684. The number of aryl methyl sites for hydroxylation is 1. The van der Waals surface area contributed by atoms with Gasteiger partial charge < -0.3 is 10.1 Å². The molecule has 1 heterocycles. The smallest absolute Gasteiger partial charge is 0.276 e. The Morgan fingerprint density at radius 3 is 2.68 bits per heavy atom. The van der Waals surface area contributed by atoms with Gasteiger partial charge in [-0.25, -0.2) is 4.68 Å². The largest absolute Gasteiger partial charge is 0.471 e. The lowest BCUT2D eigenvalue weighted by Crippen LogP contribution is -2.15. The number of nitrogens with zero attached hydrogens (tertiary/aromatic N) is 2. The van der Waals surface area contributed by atoms with E-state index in [1.807, 2.05) is 56.3 Å². The zero-order valence-corrected chi connectivity index (χ0v) is 15.6. The van der Waals surface area contributed by atoms with Gasteiger partial charge in [0.1, 0.15) is 5.75 Å². The number of benzene rings is 2. The Balaban J connectivity index is 1.63. The second kappa shape index (κ2) is 7.53. The molecule has 0 spiro atoms. The van der Waals surface area contributed by atoms with Gasteiger partial charge in [-0.05, 0) is 61.4 Å². The molecule has 0 radical (unpaired) electrons. The van der Waals surface area contributed by atoms with Crippen molar-refractivity contribution in [2.24, 2.45) is 0 Å². The SMILES string of the molecule is Cc1cccc(NC(=O)c2ccn(COc3ccc(Br)cc3)n2)c1C. The second-order valence-corrected chi connectivity index (χ2v) is 6.59. The summed E-state index contributed by atoms with van der Waals surface area (Å²) < 4.78 is 8.21. The number of rotatable bonds is 5. The minimum atomic E-state index is -0.240. The number of nitrogens with one attached hydrogen (secondary N) is 1. The lowest BCUT2D eigenvalue weighted by Gasteiger charge is -2.09. The molecule has 5 nitrogen and oxygen atoms in total. The van der Waals surface area contributed by atoms with Crippen molar-refractivity contribution in [2.45, 2.75) is 20.6 Å². The Hall–Kier alpha value is -2.60. The normalized spacial score (nSPS) is 10.5. The number of hydrogen-bond donors (Lipinski definition) is 1. The first-order valence-corrected chi connectivity index (χ1v) is 8.61. The standard InChI is InChI=1S/C19H18BrN3O2/c1-13-4-3-5-17(14(13)2)21-19(24)18-10-11-23(22-18)12-25-16-8-6-15(20)7-9-16/h3-11H,12H2,1-2H3,(H,21,24). The van der Waals surface area contributed by atoms with E-state index in [0.717, 1.165) is 27.0 Å². The number of aromatic nitrogens is 2. The number of carbonyl (C=O) groups excluding carboxylic acids is 1. The molecule has 2 aromatic carbocycles. The fourth-order valence-corrected chi connectivity index (χ4v) is 2.56. The van der Waals surface area contributed by atoms with Gasteiger partial charge in [0.05, 0.1) is 0 Å². The minimum absolute atomic E-state index is 0.235. The average Bonchev–Trinajstić information content (AvgIpc) is 3.08. The van der Waals surface area contributed by atoms with Crippen molar-refractivity contribution in [3.63, 3.8) is 0 Å². The van der Waals surface area contributed by atoms with Gasteiger partial charge in [0.25, 0.3) is 5.91 Å². The van der Waals surface area contributed by atoms with Crippen LogP contribution in [0.1, 0.15) is 21.6 Å². The topological polar surface area (TPSA) is 56.2 Å². The summed E-state index contributed by atoms with van der Waals surface area (Å²) in [5.41, 5.74) is 3.33. The number of anilines is 1. The van der Waals surface area contributed by atoms with Crippen LogP contribution in [0.25, 0.3) is 0 Å². The van der Waals surface area contributed by atoms with Crippen LogP contribution in [0.5, 0.6) is 5.75 Å². The molecule has 0 unspecified atom stereocenters. The zero-order chi connectivity index (χ0) is 17.8. The third-order valence-corrected chi connectivity index (χ3v) is 4.43. The molecule has 0 aliphatic heterocycles. The van der Waals surface area contributed by atoms with Crippen LogP contribution >= 0.6 is 15.9 Å². The van der Waals surface area contributed by atoms with Crippen molar-refractivity contribution in [1.82, 2.24) is 9.78 Å². The molecule has 128 valence electrons. The monoisotopic (exact) mass is 399 g/mol. The summed E-state index contributed by atoms with van der Waals surface area (Å²) in [6.07, 6.45) is 1.72. The number of ether oxygens (including phenoxy) is 1. The molecule has 0 fully saturated rings. The lowest BCUT2D eigenvalue weighted by molar-refractivity contribution is 0.102. The Kier molecular flexibility index (Phi) is 5.19. The summed E-state index contributed by atoms with van der Waals surface area (Å²) in [5.74, 6) is 0.496. The van der Waals surface area contributed by atoms with Crippen LogP contribution in [-0.4, -0.2) is 15.7 Å². The highest BCUT2D eigenvalue weighted by atomic mass is 79.9. The number of halogens is 1. The van der Waals surface area contributed by atoms with E-state index in [0.29, 0.717) is 5.69 Å². The molecular weight excluding hydrogens is 382 g/mol. The van der Waals surface area contributed by atoms with E-state index < -0.39 is 0 Å².